The van der Waals surface area contributed by atoms with E-state index in [-0.39, 0.29) is 17.1 Å². The largest absolute Gasteiger partial charge is 0.395 e. The molecule has 84 valence electrons. The number of hydrogen-bond acceptors (Lipinski definition) is 3. The minimum absolute atomic E-state index is 0.240. The van der Waals surface area contributed by atoms with Crippen LogP contribution in [0.1, 0.15) is 43.9 Å². The highest BCUT2D eigenvalue weighted by Crippen LogP contribution is 2.15. The van der Waals surface area contributed by atoms with Gasteiger partial charge in [-0.1, -0.05) is 6.92 Å². The SMILES string of the molecule is CCc1[nH]nc(C(=O)NC(C)(C)C)c1N. The fourth-order valence-corrected chi connectivity index (χ4v) is 1.23. The predicted octanol–water partition coefficient (Wildman–Crippen LogP) is 1.08. The van der Waals surface area contributed by atoms with Crippen LogP contribution in [0, 0.1) is 0 Å². The number of aryl methyl sites for hydroxylation is 1. The Labute approximate surface area is 89.4 Å². The Kier molecular flexibility index (Phi) is 3.02. The monoisotopic (exact) mass is 210 g/mol. The predicted molar refractivity (Wildman–Crippen MR) is 59.6 cm³/mol. The van der Waals surface area contributed by atoms with Gasteiger partial charge in [-0.05, 0) is 27.2 Å². The van der Waals surface area contributed by atoms with Crippen molar-refractivity contribution in [2.75, 3.05) is 5.73 Å². The summed E-state index contributed by atoms with van der Waals surface area (Å²) in [6.07, 6.45) is 0.738. The Morgan fingerprint density at radius 1 is 1.53 bits per heavy atom. The molecule has 0 fully saturated rings. The average molecular weight is 210 g/mol. The van der Waals surface area contributed by atoms with Gasteiger partial charge in [0.25, 0.3) is 5.91 Å². The van der Waals surface area contributed by atoms with Crippen molar-refractivity contribution < 1.29 is 4.79 Å². The van der Waals surface area contributed by atoms with Crippen molar-refractivity contribution in [3.8, 4) is 0 Å². The van der Waals surface area contributed by atoms with Gasteiger partial charge in [-0.2, -0.15) is 5.10 Å². The third kappa shape index (κ3) is 2.71. The molecule has 5 nitrogen and oxygen atoms in total. The number of nitrogens with two attached hydrogens (primary N) is 1. The summed E-state index contributed by atoms with van der Waals surface area (Å²) in [7, 11) is 0. The van der Waals surface area contributed by atoms with E-state index < -0.39 is 0 Å². The molecule has 4 N–H and O–H groups in total. The zero-order chi connectivity index (χ0) is 11.6. The minimum atomic E-state index is -0.283. The first-order valence-corrected chi connectivity index (χ1v) is 5.00. The van der Waals surface area contributed by atoms with Crippen molar-refractivity contribution in [1.82, 2.24) is 15.5 Å². The second-order valence-electron chi connectivity index (χ2n) is 4.52. The van der Waals surface area contributed by atoms with Gasteiger partial charge in [0.2, 0.25) is 0 Å². The zero-order valence-corrected chi connectivity index (χ0v) is 9.64. The number of aromatic nitrogens is 2. The number of hydrogen-bond donors (Lipinski definition) is 3. The van der Waals surface area contributed by atoms with Gasteiger partial charge < -0.3 is 11.1 Å². The summed E-state index contributed by atoms with van der Waals surface area (Å²) in [6.45, 7) is 7.69. The summed E-state index contributed by atoms with van der Waals surface area (Å²) < 4.78 is 0. The number of anilines is 1. The van der Waals surface area contributed by atoms with E-state index in [9.17, 15) is 4.79 Å². The summed E-state index contributed by atoms with van der Waals surface area (Å²) in [6, 6.07) is 0. The molecule has 0 saturated heterocycles. The minimum Gasteiger partial charge on any atom is -0.395 e. The number of H-pyrrole nitrogens is 1. The van der Waals surface area contributed by atoms with E-state index in [1.54, 1.807) is 0 Å². The molecule has 1 heterocycles. The Bertz CT molecular complexity index is 362. The molecule has 15 heavy (non-hydrogen) atoms. The third-order valence-corrected chi connectivity index (χ3v) is 1.94. The van der Waals surface area contributed by atoms with Gasteiger partial charge in [0.1, 0.15) is 0 Å². The Morgan fingerprint density at radius 3 is 2.53 bits per heavy atom. The summed E-state index contributed by atoms with van der Waals surface area (Å²) in [4.78, 5) is 11.7. The molecule has 0 saturated carbocycles. The molecule has 0 aliphatic carbocycles. The summed E-state index contributed by atoms with van der Waals surface area (Å²) in [5, 5.41) is 9.48. The van der Waals surface area contributed by atoms with E-state index in [1.165, 1.54) is 0 Å². The van der Waals surface area contributed by atoms with Gasteiger partial charge in [-0.15, -0.1) is 0 Å². The van der Waals surface area contributed by atoms with Crippen molar-refractivity contribution in [3.05, 3.63) is 11.4 Å². The number of carbonyl (C=O) groups excluding carboxylic acids is 1. The average Bonchev–Trinajstić information content (AvgIpc) is 2.43. The maximum atomic E-state index is 11.7. The van der Waals surface area contributed by atoms with Crippen molar-refractivity contribution in [2.24, 2.45) is 0 Å². The molecule has 0 atom stereocenters. The highest BCUT2D eigenvalue weighted by molar-refractivity contribution is 5.97. The number of nitrogens with zero attached hydrogens (tertiary/aromatic N) is 1. The lowest BCUT2D eigenvalue weighted by atomic mass is 10.1. The van der Waals surface area contributed by atoms with Crippen LogP contribution in [0.4, 0.5) is 5.69 Å². The van der Waals surface area contributed by atoms with Crippen LogP contribution < -0.4 is 11.1 Å². The van der Waals surface area contributed by atoms with Crippen LogP contribution in [0.25, 0.3) is 0 Å². The maximum Gasteiger partial charge on any atom is 0.274 e. The normalized spacial score (nSPS) is 11.5. The lowest BCUT2D eigenvalue weighted by Crippen LogP contribution is -2.41. The van der Waals surface area contributed by atoms with E-state index in [1.807, 2.05) is 27.7 Å². The van der Waals surface area contributed by atoms with E-state index in [4.69, 9.17) is 5.73 Å². The lowest BCUT2D eigenvalue weighted by molar-refractivity contribution is 0.0915. The molecular formula is C10H18N4O. The molecule has 5 heteroatoms. The maximum absolute atomic E-state index is 11.7. The quantitative estimate of drug-likeness (QED) is 0.683. The van der Waals surface area contributed by atoms with Crippen LogP contribution in [0.2, 0.25) is 0 Å². The van der Waals surface area contributed by atoms with Crippen LogP contribution >= 0.6 is 0 Å². The molecule has 0 spiro atoms. The Hall–Kier alpha value is -1.52. The summed E-state index contributed by atoms with van der Waals surface area (Å²) in [5.74, 6) is -0.240. The molecule has 0 aromatic carbocycles. The van der Waals surface area contributed by atoms with E-state index >= 15 is 0 Å². The molecule has 0 unspecified atom stereocenters. The molecule has 1 aromatic heterocycles. The molecule has 0 aliphatic heterocycles. The molecule has 0 bridgehead atoms. The number of nitrogens with one attached hydrogen (secondary N) is 2. The van der Waals surface area contributed by atoms with Gasteiger partial charge in [0.15, 0.2) is 5.69 Å². The molecule has 0 aliphatic rings. The van der Waals surface area contributed by atoms with E-state index in [2.05, 4.69) is 15.5 Å². The number of aromatic amines is 1. The number of nitrogen functional groups attached to an aromatic ring is 1. The van der Waals surface area contributed by atoms with Crippen molar-refractivity contribution in [3.63, 3.8) is 0 Å². The smallest absolute Gasteiger partial charge is 0.274 e. The Morgan fingerprint density at radius 2 is 2.13 bits per heavy atom. The van der Waals surface area contributed by atoms with Crippen molar-refractivity contribution >= 4 is 11.6 Å². The standard InChI is InChI=1S/C10H18N4O/c1-5-6-7(11)8(14-13-6)9(15)12-10(2,3)4/h5,11H2,1-4H3,(H,12,15)(H,13,14). The molecule has 1 amide bonds. The first kappa shape index (κ1) is 11.6. The van der Waals surface area contributed by atoms with E-state index in [0.717, 1.165) is 12.1 Å². The Balaban J connectivity index is 2.88. The second-order valence-corrected chi connectivity index (χ2v) is 4.52. The van der Waals surface area contributed by atoms with Gasteiger partial charge in [-0.25, -0.2) is 0 Å². The van der Waals surface area contributed by atoms with Crippen LogP contribution in [-0.4, -0.2) is 21.6 Å². The third-order valence-electron chi connectivity index (χ3n) is 1.94. The molecular weight excluding hydrogens is 192 g/mol. The van der Waals surface area contributed by atoms with Gasteiger partial charge in [0, 0.05) is 5.54 Å². The van der Waals surface area contributed by atoms with Crippen LogP contribution in [0.15, 0.2) is 0 Å². The number of rotatable bonds is 2. The summed E-state index contributed by atoms with van der Waals surface area (Å²) in [5.41, 5.74) is 7.02. The fourth-order valence-electron chi connectivity index (χ4n) is 1.23. The van der Waals surface area contributed by atoms with Crippen LogP contribution in [-0.2, 0) is 6.42 Å². The van der Waals surface area contributed by atoms with Gasteiger partial charge in [-0.3, -0.25) is 9.89 Å². The second kappa shape index (κ2) is 3.92. The van der Waals surface area contributed by atoms with Crippen LogP contribution in [0.3, 0.4) is 0 Å². The molecule has 1 aromatic rings. The number of carbonyl (C=O) groups is 1. The van der Waals surface area contributed by atoms with Crippen molar-refractivity contribution in [2.45, 2.75) is 39.7 Å². The molecule has 0 radical (unpaired) electrons. The first-order valence-electron chi connectivity index (χ1n) is 5.00. The highest BCUT2D eigenvalue weighted by atomic mass is 16.2. The first-order chi connectivity index (χ1) is 6.85. The van der Waals surface area contributed by atoms with Crippen LogP contribution in [0.5, 0.6) is 0 Å². The molecule has 1 rings (SSSR count). The van der Waals surface area contributed by atoms with E-state index in [0.29, 0.717) is 5.69 Å². The van der Waals surface area contributed by atoms with Gasteiger partial charge >= 0.3 is 0 Å². The summed E-state index contributed by atoms with van der Waals surface area (Å²) >= 11 is 0. The zero-order valence-electron chi connectivity index (χ0n) is 9.64. The number of amides is 1. The van der Waals surface area contributed by atoms with Crippen molar-refractivity contribution in [1.29, 1.82) is 0 Å². The topological polar surface area (TPSA) is 83.8 Å². The highest BCUT2D eigenvalue weighted by Gasteiger charge is 2.20. The lowest BCUT2D eigenvalue weighted by Gasteiger charge is -2.19. The van der Waals surface area contributed by atoms with Gasteiger partial charge in [0.05, 0.1) is 11.4 Å². The fraction of sp³-hybridized carbons (Fsp3) is 0.600.